The van der Waals surface area contributed by atoms with Crippen LogP contribution in [0.25, 0.3) is 0 Å². The number of benzene rings is 3. The van der Waals surface area contributed by atoms with Gasteiger partial charge >= 0.3 is 0 Å². The van der Waals surface area contributed by atoms with Crippen LogP contribution < -0.4 is 10.1 Å². The van der Waals surface area contributed by atoms with Gasteiger partial charge in [-0.3, -0.25) is 10.3 Å². The van der Waals surface area contributed by atoms with E-state index in [9.17, 15) is 5.11 Å². The van der Waals surface area contributed by atoms with Gasteiger partial charge in [0.1, 0.15) is 17.7 Å². The van der Waals surface area contributed by atoms with Gasteiger partial charge in [-0.05, 0) is 53.6 Å². The Labute approximate surface area is 183 Å². The molecule has 0 saturated heterocycles. The van der Waals surface area contributed by atoms with E-state index in [0.717, 1.165) is 32.6 Å². The molecule has 1 aliphatic heterocycles. The maximum atomic E-state index is 10.5. The first kappa shape index (κ1) is 20.0. The summed E-state index contributed by atoms with van der Waals surface area (Å²) in [5.41, 5.74) is 3.74. The van der Waals surface area contributed by atoms with Crippen LogP contribution in [-0.4, -0.2) is 17.9 Å². The second-order valence-electron chi connectivity index (χ2n) is 6.89. The number of hydrogen-bond donors (Lipinski definition) is 2. The van der Waals surface area contributed by atoms with Crippen molar-refractivity contribution in [3.63, 3.8) is 0 Å². The number of phenolic OH excluding ortho intramolecular Hbond substituents is 1. The highest BCUT2D eigenvalue weighted by molar-refractivity contribution is 9.10. The lowest BCUT2D eigenvalue weighted by molar-refractivity contribution is 0.411. The monoisotopic (exact) mass is 470 g/mol. The van der Waals surface area contributed by atoms with E-state index in [4.69, 9.17) is 21.3 Å². The number of hydrogen-bond acceptors (Lipinski definition) is 4. The van der Waals surface area contributed by atoms with Crippen molar-refractivity contribution in [3.8, 4) is 11.5 Å². The Kier molecular flexibility index (Phi) is 5.90. The summed E-state index contributed by atoms with van der Waals surface area (Å²) in [7, 11) is 1.65. The Morgan fingerprint density at radius 2 is 1.90 bits per heavy atom. The van der Waals surface area contributed by atoms with Crippen molar-refractivity contribution in [3.05, 3.63) is 92.9 Å². The molecule has 0 fully saturated rings. The molecule has 1 aliphatic rings. The largest absolute Gasteiger partial charge is 0.508 e. The number of methoxy groups -OCH3 is 1. The third kappa shape index (κ3) is 4.47. The number of nitrogens with one attached hydrogen (secondary N) is 1. The highest BCUT2D eigenvalue weighted by atomic mass is 79.9. The van der Waals surface area contributed by atoms with Crippen LogP contribution in [0.3, 0.4) is 0 Å². The Balaban J connectivity index is 1.77. The molecule has 0 bridgehead atoms. The van der Waals surface area contributed by atoms with Crippen molar-refractivity contribution >= 4 is 33.2 Å². The Hall–Kier alpha value is -2.34. The molecule has 0 aromatic heterocycles. The number of phenols is 1. The number of halogens is 2. The molecular weight excluding hydrogens is 452 g/mol. The summed E-state index contributed by atoms with van der Waals surface area (Å²) in [5.74, 6) is 0.999. The zero-order valence-electron chi connectivity index (χ0n) is 15.8. The average Bonchev–Trinajstić information content (AvgIpc) is 2.75. The lowest BCUT2D eigenvalue weighted by Crippen LogP contribution is -2.33. The number of rotatable bonds is 4. The molecule has 2 atom stereocenters. The average molecular weight is 472 g/mol. The minimum Gasteiger partial charge on any atom is -0.508 e. The first-order valence-corrected chi connectivity index (χ1v) is 10.4. The standard InChI is InChI=1S/C23H20BrClN2O2/c1-29-18-4-2-3-15(11-18)20-13-21(19-12-17(25)9-10-22(19)28)27-23(26-20)14-5-7-16(24)8-6-14/h2-12,21,23,27-28H,13H2,1H3. The molecule has 3 aromatic rings. The molecule has 0 saturated carbocycles. The van der Waals surface area contributed by atoms with Crippen molar-refractivity contribution in [2.24, 2.45) is 4.99 Å². The predicted molar refractivity (Wildman–Crippen MR) is 120 cm³/mol. The minimum absolute atomic E-state index is 0.138. The fourth-order valence-electron chi connectivity index (χ4n) is 3.50. The number of aliphatic imine (C=N–C) groups is 1. The van der Waals surface area contributed by atoms with Crippen molar-refractivity contribution in [1.29, 1.82) is 0 Å². The fraction of sp³-hybridized carbons (Fsp3) is 0.174. The van der Waals surface area contributed by atoms with Gasteiger partial charge in [-0.2, -0.15) is 0 Å². The first-order valence-electron chi connectivity index (χ1n) is 9.24. The van der Waals surface area contributed by atoms with Gasteiger partial charge in [0.2, 0.25) is 0 Å². The van der Waals surface area contributed by atoms with E-state index in [1.165, 1.54) is 0 Å². The zero-order chi connectivity index (χ0) is 20.4. The van der Waals surface area contributed by atoms with Crippen molar-refractivity contribution < 1.29 is 9.84 Å². The van der Waals surface area contributed by atoms with Gasteiger partial charge in [-0.15, -0.1) is 0 Å². The number of aromatic hydroxyl groups is 1. The first-order chi connectivity index (χ1) is 14.0. The van der Waals surface area contributed by atoms with E-state index in [-0.39, 0.29) is 18.0 Å². The van der Waals surface area contributed by atoms with Gasteiger partial charge in [0.05, 0.1) is 7.11 Å². The molecule has 148 valence electrons. The smallest absolute Gasteiger partial charge is 0.126 e. The van der Waals surface area contributed by atoms with Crippen LogP contribution in [0, 0.1) is 0 Å². The van der Waals surface area contributed by atoms with E-state index < -0.39 is 0 Å². The third-order valence-electron chi connectivity index (χ3n) is 5.00. The van der Waals surface area contributed by atoms with Crippen molar-refractivity contribution in [2.75, 3.05) is 7.11 Å². The van der Waals surface area contributed by atoms with Gasteiger partial charge in [0.15, 0.2) is 0 Å². The SMILES string of the molecule is COc1cccc(C2=NC(c3ccc(Br)cc3)NC(c3cc(Cl)ccc3O)C2)c1. The van der Waals surface area contributed by atoms with Gasteiger partial charge < -0.3 is 9.84 Å². The third-order valence-corrected chi connectivity index (χ3v) is 5.76. The van der Waals surface area contributed by atoms with Crippen LogP contribution in [-0.2, 0) is 0 Å². The molecule has 3 aromatic carbocycles. The molecule has 2 unspecified atom stereocenters. The molecule has 4 rings (SSSR count). The molecule has 0 aliphatic carbocycles. The van der Waals surface area contributed by atoms with Gasteiger partial charge in [0.25, 0.3) is 0 Å². The lowest BCUT2D eigenvalue weighted by Gasteiger charge is -2.31. The van der Waals surface area contributed by atoms with Crippen LogP contribution in [0.5, 0.6) is 11.5 Å². The molecule has 1 heterocycles. The molecule has 6 heteroatoms. The molecule has 0 spiro atoms. The maximum Gasteiger partial charge on any atom is 0.126 e. The number of ether oxygens (including phenoxy) is 1. The van der Waals surface area contributed by atoms with E-state index >= 15 is 0 Å². The summed E-state index contributed by atoms with van der Waals surface area (Å²) in [6.07, 6.45) is 0.370. The van der Waals surface area contributed by atoms with Crippen molar-refractivity contribution in [1.82, 2.24) is 5.32 Å². The highest BCUT2D eigenvalue weighted by Gasteiger charge is 2.28. The fourth-order valence-corrected chi connectivity index (χ4v) is 3.95. The summed E-state index contributed by atoms with van der Waals surface area (Å²) in [4.78, 5) is 4.98. The van der Waals surface area contributed by atoms with Crippen LogP contribution in [0.15, 0.2) is 76.2 Å². The zero-order valence-corrected chi connectivity index (χ0v) is 18.1. The lowest BCUT2D eigenvalue weighted by atomic mass is 9.93. The van der Waals surface area contributed by atoms with E-state index in [2.05, 4.69) is 21.2 Å². The summed E-state index contributed by atoms with van der Waals surface area (Å²) in [6, 6.07) is 20.9. The summed E-state index contributed by atoms with van der Waals surface area (Å²) in [5, 5.41) is 14.6. The minimum atomic E-state index is -0.249. The summed E-state index contributed by atoms with van der Waals surface area (Å²) < 4.78 is 6.40. The normalized spacial score (nSPS) is 18.9. The van der Waals surface area contributed by atoms with E-state index in [1.54, 1.807) is 19.2 Å². The maximum absolute atomic E-state index is 10.5. The molecular formula is C23H20BrClN2O2. The van der Waals surface area contributed by atoms with Gasteiger partial charge in [-0.25, -0.2) is 0 Å². The molecule has 0 radical (unpaired) electrons. The van der Waals surface area contributed by atoms with E-state index in [1.807, 2.05) is 54.6 Å². The Bertz CT molecular complexity index is 1050. The second kappa shape index (κ2) is 8.57. The Morgan fingerprint density at radius 1 is 1.10 bits per heavy atom. The molecule has 4 nitrogen and oxygen atoms in total. The van der Waals surface area contributed by atoms with Crippen LogP contribution in [0.2, 0.25) is 5.02 Å². The van der Waals surface area contributed by atoms with Crippen molar-refractivity contribution in [2.45, 2.75) is 18.6 Å². The van der Waals surface area contributed by atoms with Gasteiger partial charge in [-0.1, -0.05) is 51.8 Å². The summed E-state index contributed by atoms with van der Waals surface area (Å²) in [6.45, 7) is 0. The number of nitrogens with zero attached hydrogens (tertiary/aromatic N) is 1. The van der Waals surface area contributed by atoms with Crippen LogP contribution in [0.4, 0.5) is 0 Å². The molecule has 0 amide bonds. The van der Waals surface area contributed by atoms with E-state index in [0.29, 0.717) is 11.4 Å². The summed E-state index contributed by atoms with van der Waals surface area (Å²) >= 11 is 9.69. The highest BCUT2D eigenvalue weighted by Crippen LogP contribution is 2.36. The van der Waals surface area contributed by atoms with Crippen LogP contribution >= 0.6 is 27.5 Å². The predicted octanol–water partition coefficient (Wildman–Crippen LogP) is 6.04. The molecule has 2 N–H and O–H groups in total. The quantitative estimate of drug-likeness (QED) is 0.488. The topological polar surface area (TPSA) is 53.8 Å². The second-order valence-corrected chi connectivity index (χ2v) is 8.24. The van der Waals surface area contributed by atoms with Gasteiger partial charge in [0, 0.05) is 33.2 Å². The molecule has 29 heavy (non-hydrogen) atoms. The Morgan fingerprint density at radius 3 is 2.66 bits per heavy atom. The van der Waals surface area contributed by atoms with Crippen LogP contribution in [0.1, 0.15) is 35.3 Å².